The average molecular weight is 618 g/mol. The number of nitrogens with zero attached hydrogens (tertiary/aromatic N) is 1. The minimum atomic E-state index is -4.01. The van der Waals surface area contributed by atoms with Crippen LogP contribution >= 0.6 is 0 Å². The summed E-state index contributed by atoms with van der Waals surface area (Å²) in [6.45, 7) is 4.80. The average Bonchev–Trinajstić information content (AvgIpc) is 2.99. The number of hydrogen-bond acceptors (Lipinski definition) is 6. The first-order valence-corrected chi connectivity index (χ1v) is 16.0. The molecule has 4 aromatic rings. The molecule has 0 unspecified atom stereocenters. The van der Waals surface area contributed by atoms with Crippen molar-refractivity contribution in [3.63, 3.8) is 0 Å². The zero-order valence-electron chi connectivity index (χ0n) is 25.1. The van der Waals surface area contributed by atoms with Crippen molar-refractivity contribution in [2.75, 3.05) is 25.0 Å². The van der Waals surface area contributed by atoms with E-state index in [0.29, 0.717) is 11.4 Å². The van der Waals surface area contributed by atoms with E-state index in [1.807, 2.05) is 80.6 Å². The maximum Gasteiger partial charge on any atom is 0.258 e. The maximum atomic E-state index is 13.7. The van der Waals surface area contributed by atoms with E-state index in [9.17, 15) is 23.1 Å². The van der Waals surface area contributed by atoms with Crippen molar-refractivity contribution in [1.29, 1.82) is 0 Å². The molecule has 4 aromatic carbocycles. The molecule has 2 amide bonds. The van der Waals surface area contributed by atoms with Crippen LogP contribution in [-0.2, 0) is 26.0 Å². The molecular formula is C34H39N3O6S. The van der Waals surface area contributed by atoms with Crippen LogP contribution in [0.25, 0.3) is 10.8 Å². The van der Waals surface area contributed by atoms with Gasteiger partial charge in [0.1, 0.15) is 5.75 Å². The smallest absolute Gasteiger partial charge is 0.258 e. The van der Waals surface area contributed by atoms with Crippen LogP contribution in [0.4, 0.5) is 5.69 Å². The Hall–Kier alpha value is -4.25. The summed E-state index contributed by atoms with van der Waals surface area (Å²) in [5, 5.41) is 19.0. The van der Waals surface area contributed by atoms with Gasteiger partial charge in [0.2, 0.25) is 15.9 Å². The molecule has 0 saturated heterocycles. The summed E-state index contributed by atoms with van der Waals surface area (Å²) in [7, 11) is -4.01. The Labute approximate surface area is 258 Å². The number of fused-ring (bicyclic) bond motifs is 1. The maximum absolute atomic E-state index is 13.7. The summed E-state index contributed by atoms with van der Waals surface area (Å²) in [6, 6.07) is 27.9. The van der Waals surface area contributed by atoms with Crippen molar-refractivity contribution >= 4 is 38.3 Å². The molecule has 0 aliphatic carbocycles. The van der Waals surface area contributed by atoms with E-state index in [2.05, 4.69) is 10.6 Å². The standard InChI is InChI=1S/C34H39N3O6S/c1-24(2)21-37(44(41,42)31-17-14-29(15-18-31)35-25(3)38)22-33(39)32(19-26-9-5-4-6-10-26)36-34(40)23-43-30-16-13-27-11-7-8-12-28(27)20-30/h4-18,20,24,32-33,39H,19,21-23H2,1-3H3,(H,35,38)(H,36,40)/t32-,33+/m0/s1. The van der Waals surface area contributed by atoms with Gasteiger partial charge >= 0.3 is 0 Å². The molecule has 0 saturated carbocycles. The zero-order valence-corrected chi connectivity index (χ0v) is 26.0. The molecule has 4 rings (SSSR count). The van der Waals surface area contributed by atoms with Gasteiger partial charge in [-0.15, -0.1) is 0 Å². The lowest BCUT2D eigenvalue weighted by Crippen LogP contribution is -2.52. The monoisotopic (exact) mass is 617 g/mol. The van der Waals surface area contributed by atoms with Crippen molar-refractivity contribution in [3.8, 4) is 5.75 Å². The predicted molar refractivity (Wildman–Crippen MR) is 172 cm³/mol. The molecule has 9 nitrogen and oxygen atoms in total. The largest absolute Gasteiger partial charge is 0.484 e. The van der Waals surface area contributed by atoms with Gasteiger partial charge in [0.15, 0.2) is 6.61 Å². The summed E-state index contributed by atoms with van der Waals surface area (Å²) < 4.78 is 34.4. The summed E-state index contributed by atoms with van der Waals surface area (Å²) in [5.74, 6) is -0.199. The number of ether oxygens (including phenoxy) is 1. The quantitative estimate of drug-likeness (QED) is 0.190. The van der Waals surface area contributed by atoms with Crippen LogP contribution in [0, 0.1) is 5.92 Å². The molecule has 0 aliphatic rings. The van der Waals surface area contributed by atoms with Gasteiger partial charge in [-0.3, -0.25) is 9.59 Å². The molecule has 0 heterocycles. The van der Waals surface area contributed by atoms with Crippen molar-refractivity contribution < 1.29 is 27.9 Å². The molecule has 10 heteroatoms. The molecule has 0 fully saturated rings. The normalized spacial score (nSPS) is 13.0. The minimum absolute atomic E-state index is 0.0341. The Morgan fingerprint density at radius 1 is 0.864 bits per heavy atom. The number of carbonyl (C=O) groups excluding carboxylic acids is 2. The second-order valence-electron chi connectivity index (χ2n) is 11.2. The third kappa shape index (κ3) is 9.12. The van der Waals surface area contributed by atoms with E-state index in [1.165, 1.54) is 35.5 Å². The number of rotatable bonds is 14. The first kappa shape index (κ1) is 32.7. The van der Waals surface area contributed by atoms with Crippen LogP contribution in [0.1, 0.15) is 26.3 Å². The van der Waals surface area contributed by atoms with Gasteiger partial charge in [0.05, 0.1) is 17.0 Å². The van der Waals surface area contributed by atoms with Gasteiger partial charge in [0.25, 0.3) is 5.91 Å². The highest BCUT2D eigenvalue weighted by molar-refractivity contribution is 7.89. The van der Waals surface area contributed by atoms with E-state index in [4.69, 9.17) is 4.74 Å². The number of aliphatic hydroxyl groups excluding tert-OH is 1. The lowest BCUT2D eigenvalue weighted by atomic mass is 10.0. The Kier molecular flexibility index (Phi) is 11.1. The second kappa shape index (κ2) is 15.0. The first-order chi connectivity index (χ1) is 21.0. The Bertz CT molecular complexity index is 1660. The SMILES string of the molecule is CC(=O)Nc1ccc(S(=O)(=O)N(CC(C)C)C[C@@H](O)[C@H](Cc2ccccc2)NC(=O)COc2ccc3ccccc3c2)cc1. The van der Waals surface area contributed by atoms with Gasteiger partial charge in [-0.1, -0.05) is 74.5 Å². The van der Waals surface area contributed by atoms with Crippen molar-refractivity contribution in [1.82, 2.24) is 9.62 Å². The number of nitrogens with one attached hydrogen (secondary N) is 2. The van der Waals surface area contributed by atoms with Crippen LogP contribution in [0.2, 0.25) is 0 Å². The minimum Gasteiger partial charge on any atom is -0.484 e. The lowest BCUT2D eigenvalue weighted by molar-refractivity contribution is -0.124. The third-order valence-corrected chi connectivity index (χ3v) is 8.82. The number of aliphatic hydroxyl groups is 1. The van der Waals surface area contributed by atoms with Gasteiger partial charge in [-0.2, -0.15) is 4.31 Å². The summed E-state index contributed by atoms with van der Waals surface area (Å²) in [4.78, 5) is 24.5. The molecule has 232 valence electrons. The second-order valence-corrected chi connectivity index (χ2v) is 13.1. The first-order valence-electron chi connectivity index (χ1n) is 14.5. The van der Waals surface area contributed by atoms with Crippen molar-refractivity contribution in [2.24, 2.45) is 5.92 Å². The number of anilines is 1. The van der Waals surface area contributed by atoms with Crippen LogP contribution in [0.15, 0.2) is 102 Å². The number of benzene rings is 4. The van der Waals surface area contributed by atoms with Crippen LogP contribution in [0.5, 0.6) is 5.75 Å². The Morgan fingerprint density at radius 3 is 2.18 bits per heavy atom. The molecule has 0 aliphatic heterocycles. The molecule has 3 N–H and O–H groups in total. The van der Waals surface area contributed by atoms with Gasteiger partial charge in [-0.25, -0.2) is 8.42 Å². The predicted octanol–water partition coefficient (Wildman–Crippen LogP) is 4.61. The zero-order chi connectivity index (χ0) is 31.7. The van der Waals surface area contributed by atoms with Gasteiger partial charge in [0, 0.05) is 25.7 Å². The molecule has 44 heavy (non-hydrogen) atoms. The fraction of sp³-hybridized carbons (Fsp3) is 0.294. The van der Waals surface area contributed by atoms with Crippen molar-refractivity contribution in [3.05, 3.63) is 103 Å². The van der Waals surface area contributed by atoms with E-state index in [1.54, 1.807) is 6.07 Å². The lowest BCUT2D eigenvalue weighted by Gasteiger charge is -2.30. The number of carbonyl (C=O) groups is 2. The van der Waals surface area contributed by atoms with Gasteiger partial charge < -0.3 is 20.5 Å². The van der Waals surface area contributed by atoms with Gasteiger partial charge in [-0.05, 0) is 65.1 Å². The van der Waals surface area contributed by atoms with Crippen molar-refractivity contribution in [2.45, 2.75) is 44.2 Å². The highest BCUT2D eigenvalue weighted by Gasteiger charge is 2.31. The number of sulfonamides is 1. The van der Waals surface area contributed by atoms with E-state index in [-0.39, 0.29) is 42.8 Å². The summed E-state index contributed by atoms with van der Waals surface area (Å²) >= 11 is 0. The molecule has 0 bridgehead atoms. The van der Waals surface area contributed by atoms with Crippen LogP contribution in [0.3, 0.4) is 0 Å². The molecular weight excluding hydrogens is 578 g/mol. The highest BCUT2D eigenvalue weighted by Crippen LogP contribution is 2.22. The van der Waals surface area contributed by atoms with E-state index in [0.717, 1.165) is 16.3 Å². The van der Waals surface area contributed by atoms with Crippen LogP contribution in [-0.4, -0.2) is 61.5 Å². The summed E-state index contributed by atoms with van der Waals surface area (Å²) in [5.41, 5.74) is 1.35. The fourth-order valence-electron chi connectivity index (χ4n) is 4.88. The fourth-order valence-corrected chi connectivity index (χ4v) is 6.50. The molecule has 0 spiro atoms. The third-order valence-electron chi connectivity index (χ3n) is 6.97. The van der Waals surface area contributed by atoms with Crippen LogP contribution < -0.4 is 15.4 Å². The molecule has 2 atom stereocenters. The number of amides is 2. The Morgan fingerprint density at radius 2 is 1.52 bits per heavy atom. The van der Waals surface area contributed by atoms with E-state index >= 15 is 0 Å². The highest BCUT2D eigenvalue weighted by atomic mass is 32.2. The van der Waals surface area contributed by atoms with E-state index < -0.39 is 28.1 Å². The molecule has 0 radical (unpaired) electrons. The Balaban J connectivity index is 1.50. The topological polar surface area (TPSA) is 125 Å². The molecule has 0 aromatic heterocycles. The summed E-state index contributed by atoms with van der Waals surface area (Å²) in [6.07, 6.45) is -0.947. The number of hydrogen-bond donors (Lipinski definition) is 3.